The van der Waals surface area contributed by atoms with E-state index in [4.69, 9.17) is 39.1 Å². The predicted molar refractivity (Wildman–Crippen MR) is 410 cm³/mol. The number of nitrogens with one attached hydrogen (secondary N) is 4. The van der Waals surface area contributed by atoms with Gasteiger partial charge >= 0.3 is 0 Å². The molecule has 0 aliphatic carbocycles. The van der Waals surface area contributed by atoms with Crippen molar-refractivity contribution in [3.8, 4) is 69.1 Å². The van der Waals surface area contributed by atoms with Crippen LogP contribution in [0.2, 0.25) is 10.3 Å². The van der Waals surface area contributed by atoms with Gasteiger partial charge in [0.25, 0.3) is 63.2 Å². The highest BCUT2D eigenvalue weighted by molar-refractivity contribution is 7.93. The molecular weight excluding hydrogens is 1680 g/mol. The zero-order chi connectivity index (χ0) is 84.3. The Kier molecular flexibility index (Phi) is 23.2. The Morgan fingerprint density at radius 2 is 0.636 bits per heavy atom. The minimum atomic E-state index is -4.41. The van der Waals surface area contributed by atoms with E-state index < -0.39 is 95.5 Å². The third-order valence-corrected chi connectivity index (χ3v) is 22.4. The largest absolute Gasteiger partial charge is 0.480 e. The van der Waals surface area contributed by atoms with Gasteiger partial charge in [0.2, 0.25) is 11.8 Å². The highest BCUT2D eigenvalue weighted by Gasteiger charge is 2.27. The molecule has 0 aliphatic rings. The summed E-state index contributed by atoms with van der Waals surface area (Å²) < 4.78 is 220. The van der Waals surface area contributed by atoms with E-state index >= 15 is 0 Å². The molecule has 118 heavy (non-hydrogen) atoms. The summed E-state index contributed by atoms with van der Waals surface area (Å²) in [6.45, 7) is 5.45. The molecule has 4 N–H and O–H groups in total. The van der Waals surface area contributed by atoms with Crippen LogP contribution in [0.15, 0.2) is 197 Å². The maximum Gasteiger partial charge on any atom is 0.264 e. The van der Waals surface area contributed by atoms with Gasteiger partial charge in [0.05, 0.1) is 97.1 Å². The van der Waals surface area contributed by atoms with E-state index in [0.717, 1.165) is 65.6 Å². The summed E-state index contributed by atoms with van der Waals surface area (Å²) in [5.41, 5.74) is 5.76. The lowest BCUT2D eigenvalue weighted by Crippen LogP contribution is -2.16. The van der Waals surface area contributed by atoms with Gasteiger partial charge in [0.1, 0.15) is 95.3 Å². The number of hydrogen-bond acceptors (Lipinski definition) is 26. The monoisotopic (exact) mass is 1730 g/mol. The highest BCUT2D eigenvalue weighted by Crippen LogP contribution is 2.35. The number of fused-ring (bicyclic) bond motifs is 4. The first-order valence-electron chi connectivity index (χ1n) is 33.0. The summed E-state index contributed by atoms with van der Waals surface area (Å²) in [7, 11) is -14.5. The number of hydrogen-bond donors (Lipinski definition) is 4. The van der Waals surface area contributed by atoms with Gasteiger partial charge in [0, 0.05) is 65.2 Å². The molecule has 0 unspecified atom stereocenters. The van der Waals surface area contributed by atoms with Crippen LogP contribution in [0.25, 0.3) is 68.1 Å². The van der Waals surface area contributed by atoms with Crippen molar-refractivity contribution < 1.29 is 73.9 Å². The lowest BCUT2D eigenvalue weighted by Gasteiger charge is -2.13. The number of aryl methyl sites for hydroxylation is 3. The van der Waals surface area contributed by atoms with Gasteiger partial charge in [0.15, 0.2) is 10.3 Å². The number of imidazole rings is 4. The van der Waals surface area contributed by atoms with Crippen molar-refractivity contribution in [1.82, 2.24) is 98.3 Å². The van der Waals surface area contributed by atoms with E-state index in [9.17, 15) is 64.4 Å². The van der Waals surface area contributed by atoms with E-state index in [1.165, 1.54) is 120 Å². The summed E-state index contributed by atoms with van der Waals surface area (Å²) in [6, 6.07) is 16.6. The van der Waals surface area contributed by atoms with E-state index in [1.807, 2.05) is 13.8 Å². The highest BCUT2D eigenvalue weighted by atomic mass is 35.5. The maximum absolute atomic E-state index is 14.0. The molecule has 0 atom stereocenters. The Bertz CT molecular complexity index is 7180. The predicted octanol–water partition coefficient (Wildman–Crippen LogP) is 11.2. The molecule has 47 heteroatoms. The van der Waals surface area contributed by atoms with Gasteiger partial charge in [-0.05, 0) is 112 Å². The van der Waals surface area contributed by atoms with Gasteiger partial charge in [-0.15, -0.1) is 6.42 Å². The van der Waals surface area contributed by atoms with E-state index in [-0.39, 0.29) is 55.5 Å². The van der Waals surface area contributed by atoms with Gasteiger partial charge in [-0.25, -0.2) is 138 Å². The van der Waals surface area contributed by atoms with Crippen LogP contribution < -0.4 is 28.4 Å². The second-order valence-corrected chi connectivity index (χ2v) is 31.5. The van der Waals surface area contributed by atoms with Crippen molar-refractivity contribution in [2.75, 3.05) is 33.1 Å². The van der Waals surface area contributed by atoms with E-state index in [0.29, 0.717) is 86.3 Å². The first kappa shape index (κ1) is 81.9. The fraction of sp³-hybridized carbons (Fsp3) is 0.0704. The second-order valence-electron chi connectivity index (χ2n) is 24.2. The van der Waals surface area contributed by atoms with Crippen LogP contribution in [0.3, 0.4) is 0 Å². The molecular formula is C71H49Cl2F7N24O10S4. The van der Waals surface area contributed by atoms with E-state index in [2.05, 4.69) is 105 Å². The van der Waals surface area contributed by atoms with Crippen molar-refractivity contribution in [3.63, 3.8) is 0 Å². The third kappa shape index (κ3) is 17.9. The number of terminal acetylenes is 1. The molecule has 34 nitrogen and oxygen atoms in total. The van der Waals surface area contributed by atoms with Gasteiger partial charge in [-0.3, -0.25) is 18.9 Å². The van der Waals surface area contributed by atoms with Crippen LogP contribution in [0.5, 0.6) is 11.8 Å². The molecule has 0 saturated carbocycles. The molecule has 0 spiro atoms. The van der Waals surface area contributed by atoms with Crippen molar-refractivity contribution in [2.45, 2.75) is 40.4 Å². The Hall–Kier alpha value is -14.1. The molecule has 0 bridgehead atoms. The summed E-state index contributed by atoms with van der Waals surface area (Å²) >= 11 is 12.0. The molecule has 16 aromatic rings. The molecule has 600 valence electrons. The van der Waals surface area contributed by atoms with Gasteiger partial charge in [-0.2, -0.15) is 24.9 Å². The molecule has 0 saturated heterocycles. The average molecular weight is 1730 g/mol. The Labute approximate surface area is 671 Å². The maximum atomic E-state index is 14.0. The lowest BCUT2D eigenvalue weighted by molar-refractivity contribution is 0.400. The number of anilines is 4. The number of pyridine rings is 4. The first-order valence-corrected chi connectivity index (χ1v) is 39.7. The summed E-state index contributed by atoms with van der Waals surface area (Å²) in [6.07, 6.45) is 23.2. The molecule has 16 rings (SSSR count). The molecule has 0 amide bonds. The molecule has 0 aliphatic heterocycles. The molecule has 0 radical (unpaired) electrons. The third-order valence-electron chi connectivity index (χ3n) is 16.2. The first-order chi connectivity index (χ1) is 56.2. The number of benzene rings is 4. The zero-order valence-electron chi connectivity index (χ0n) is 60.4. The fourth-order valence-electron chi connectivity index (χ4n) is 10.5. The van der Waals surface area contributed by atoms with Crippen LogP contribution >= 0.6 is 23.2 Å². The quantitative estimate of drug-likeness (QED) is 0.0352. The summed E-state index contributed by atoms with van der Waals surface area (Å²) in [4.78, 5) is 46.9. The van der Waals surface area contributed by atoms with Crippen LogP contribution in [-0.2, 0) is 40.1 Å². The molecule has 12 aromatic heterocycles. The minimum absolute atomic E-state index is 0.0438. The number of rotatable bonds is 18. The van der Waals surface area contributed by atoms with Crippen molar-refractivity contribution in [3.05, 3.63) is 251 Å². The van der Waals surface area contributed by atoms with Crippen LogP contribution in [0.1, 0.15) is 22.8 Å². The van der Waals surface area contributed by atoms with Crippen LogP contribution in [-0.4, -0.2) is 146 Å². The number of aromatic nitrogens is 20. The Morgan fingerprint density at radius 3 is 0.975 bits per heavy atom. The van der Waals surface area contributed by atoms with Crippen LogP contribution in [0, 0.1) is 73.8 Å². The molecule has 0 fully saturated rings. The Morgan fingerprint density at radius 1 is 0.347 bits per heavy atom. The van der Waals surface area contributed by atoms with Crippen molar-refractivity contribution >= 4 is 109 Å². The fourth-order valence-corrected chi connectivity index (χ4v) is 15.3. The van der Waals surface area contributed by atoms with E-state index in [1.54, 1.807) is 30.0 Å². The number of halogens is 9. The van der Waals surface area contributed by atoms with Gasteiger partial charge in [-0.1, -0.05) is 23.2 Å². The van der Waals surface area contributed by atoms with Crippen molar-refractivity contribution in [1.29, 1.82) is 0 Å². The summed E-state index contributed by atoms with van der Waals surface area (Å²) in [5.74, 6) is -2.95. The SMILES string of the molecule is C#Cc1cnc2ncc(-c3cnc(Cl)c(NS(=O)(=O)c4ccc(F)cc4F)c3)nn12.COc1ncc(-c2cnc3ncc(C)n3n2)cc1NS(=O)(=O)c1ccc(F)cc1.COc1ncc(-c2cnc3ncc(C)n3n2)cc1NS(=O)(=O)c1ccc(F)cc1F.Cc1cnc2ncc(-c3cnc(Cl)c(NS(=O)(=O)c4ccc(F)cc4F)c3)nn12. The van der Waals surface area contributed by atoms with Gasteiger partial charge < -0.3 is 9.47 Å². The van der Waals surface area contributed by atoms with Crippen LogP contribution in [0.4, 0.5) is 53.5 Å². The lowest BCUT2D eigenvalue weighted by atomic mass is 10.2. The zero-order valence-corrected chi connectivity index (χ0v) is 65.2. The topological polar surface area (TPSA) is 427 Å². The molecule has 12 heterocycles. The number of sulfonamides is 4. The molecule has 4 aromatic carbocycles. The number of nitrogens with zero attached hydrogens (tertiary/aromatic N) is 20. The summed E-state index contributed by atoms with van der Waals surface area (Å²) in [5, 5.41) is 17.2. The minimum Gasteiger partial charge on any atom is -0.480 e. The Balaban J connectivity index is 0.000000136. The number of methoxy groups -OCH3 is 2. The van der Waals surface area contributed by atoms with Crippen molar-refractivity contribution in [2.24, 2.45) is 0 Å². The second kappa shape index (κ2) is 33.4. The average Bonchev–Trinajstić information content (AvgIpc) is 1.20. The normalized spacial score (nSPS) is 11.6. The number of ether oxygens (including phenoxy) is 2. The standard InChI is InChI=1S/C18H9ClF2N6O2S.C18H14F2N6O3S.C18H15FN6O3S.C17H11ClF2N6O2S/c1-2-12-8-23-18-24-9-15(25-27(12)18)10-5-14(17(19)22-7-10)26-30(28,29)16-4-3-11(20)6-13(16)21;1-10-7-22-18-23-9-15(24-26(10)18)11-5-14(17(29-2)21-8-11)25-30(27,28)16-4-3-12(19)6-13(16)20;1-11-8-21-18-22-10-16(23-25(11)18)12-7-15(17(28-2)20-9-12)24-29(26,27)14-5-3-13(19)4-6-14;1-9-6-22-17-23-8-14(24-26(9)17)10-4-13(16(18)21-7-10)25-29(27,28)15-3-2-11(19)5-12(15)20/h1,3-9,26H;3-9,25H,1-2H3;3-10,24H,1-2H3;2-8,25H,1H3. The smallest absolute Gasteiger partial charge is 0.264 e.